The molecule has 1 aliphatic rings. The topological polar surface area (TPSA) is 47.6 Å². The van der Waals surface area contributed by atoms with Crippen LogP contribution in [0.1, 0.15) is 6.42 Å². The third-order valence-corrected chi connectivity index (χ3v) is 2.82. The van der Waals surface area contributed by atoms with Crippen LogP contribution in [0.3, 0.4) is 0 Å². The van der Waals surface area contributed by atoms with Crippen molar-refractivity contribution in [1.29, 1.82) is 0 Å². The van der Waals surface area contributed by atoms with Crippen molar-refractivity contribution in [3.63, 3.8) is 0 Å². The first-order chi connectivity index (χ1) is 9.01. The highest BCUT2D eigenvalue weighted by Crippen LogP contribution is 2.25. The van der Waals surface area contributed by atoms with Gasteiger partial charge in [0.15, 0.2) is 17.4 Å². The predicted octanol–water partition coefficient (Wildman–Crippen LogP) is 1.39. The van der Waals surface area contributed by atoms with E-state index in [1.807, 2.05) is 0 Å². The second kappa shape index (κ2) is 5.48. The van der Waals surface area contributed by atoms with E-state index in [4.69, 9.17) is 4.74 Å². The van der Waals surface area contributed by atoms with E-state index in [0.29, 0.717) is 12.1 Å². The second-order valence-corrected chi connectivity index (χ2v) is 4.16. The lowest BCUT2D eigenvalue weighted by Crippen LogP contribution is -2.31. The van der Waals surface area contributed by atoms with Crippen molar-refractivity contribution in [2.45, 2.75) is 18.6 Å². The van der Waals surface area contributed by atoms with Crippen molar-refractivity contribution < 1.29 is 27.4 Å². The molecule has 1 heterocycles. The van der Waals surface area contributed by atoms with Crippen molar-refractivity contribution in [2.75, 3.05) is 13.7 Å². The third-order valence-electron chi connectivity index (χ3n) is 2.82. The number of esters is 1. The highest BCUT2D eigenvalue weighted by Gasteiger charge is 2.32. The summed E-state index contributed by atoms with van der Waals surface area (Å²) in [4.78, 5) is 11.3. The quantitative estimate of drug-likeness (QED) is 0.847. The van der Waals surface area contributed by atoms with Gasteiger partial charge >= 0.3 is 5.97 Å². The number of hydrogen-bond acceptors (Lipinski definition) is 4. The molecule has 0 saturated carbocycles. The Balaban J connectivity index is 2.05. The maximum Gasteiger partial charge on any atom is 0.323 e. The Kier molecular flexibility index (Phi) is 3.94. The Morgan fingerprint density at radius 1 is 1.32 bits per heavy atom. The summed E-state index contributed by atoms with van der Waals surface area (Å²) >= 11 is 0. The smallest absolute Gasteiger partial charge is 0.323 e. The summed E-state index contributed by atoms with van der Waals surface area (Å²) in [6.45, 7) is 0.246. The zero-order valence-corrected chi connectivity index (χ0v) is 10.1. The first kappa shape index (κ1) is 13.7. The molecule has 19 heavy (non-hydrogen) atoms. The van der Waals surface area contributed by atoms with Crippen molar-refractivity contribution >= 4 is 5.97 Å². The maximum atomic E-state index is 13.4. The fourth-order valence-electron chi connectivity index (χ4n) is 1.92. The molecule has 1 N–H and O–H groups in total. The van der Waals surface area contributed by atoms with E-state index < -0.39 is 41.3 Å². The first-order valence-electron chi connectivity index (χ1n) is 5.63. The Morgan fingerprint density at radius 2 is 1.95 bits per heavy atom. The molecule has 4 nitrogen and oxygen atoms in total. The molecule has 0 spiro atoms. The molecular formula is C12H12F3NO3. The Labute approximate surface area is 107 Å². The van der Waals surface area contributed by atoms with Gasteiger partial charge < -0.3 is 14.8 Å². The molecule has 2 atom stereocenters. The van der Waals surface area contributed by atoms with E-state index >= 15 is 0 Å². The lowest BCUT2D eigenvalue weighted by atomic mass is 10.2. The predicted molar refractivity (Wildman–Crippen MR) is 59.2 cm³/mol. The van der Waals surface area contributed by atoms with E-state index in [9.17, 15) is 18.0 Å². The molecule has 7 heteroatoms. The monoisotopic (exact) mass is 275 g/mol. The summed E-state index contributed by atoms with van der Waals surface area (Å²) < 4.78 is 49.1. The fourth-order valence-corrected chi connectivity index (χ4v) is 1.92. The van der Waals surface area contributed by atoms with Gasteiger partial charge in [0.05, 0.1) is 7.11 Å². The Morgan fingerprint density at radius 3 is 2.53 bits per heavy atom. The van der Waals surface area contributed by atoms with Crippen LogP contribution >= 0.6 is 0 Å². The summed E-state index contributed by atoms with van der Waals surface area (Å²) in [6, 6.07) is 0.513. The Hall–Kier alpha value is -1.76. The average molecular weight is 275 g/mol. The van der Waals surface area contributed by atoms with Crippen molar-refractivity contribution in [1.82, 2.24) is 5.32 Å². The molecule has 1 saturated heterocycles. The van der Waals surface area contributed by atoms with E-state index in [1.54, 1.807) is 0 Å². The van der Waals surface area contributed by atoms with Crippen molar-refractivity contribution in [3.8, 4) is 5.75 Å². The van der Waals surface area contributed by atoms with Crippen LogP contribution in [-0.2, 0) is 9.53 Å². The van der Waals surface area contributed by atoms with Gasteiger partial charge in [0, 0.05) is 25.1 Å². The largest absolute Gasteiger partial charge is 0.483 e. The van der Waals surface area contributed by atoms with Crippen LogP contribution in [0.2, 0.25) is 0 Å². The number of carbonyl (C=O) groups excluding carboxylic acids is 1. The van der Waals surface area contributed by atoms with Crippen LogP contribution in [0.5, 0.6) is 5.75 Å². The van der Waals surface area contributed by atoms with Crippen molar-refractivity contribution in [3.05, 3.63) is 29.6 Å². The van der Waals surface area contributed by atoms with Gasteiger partial charge in [0.2, 0.25) is 0 Å². The molecule has 0 amide bonds. The molecule has 0 unspecified atom stereocenters. The lowest BCUT2D eigenvalue weighted by molar-refractivity contribution is -0.142. The van der Waals surface area contributed by atoms with E-state index in [2.05, 4.69) is 10.1 Å². The number of benzene rings is 1. The van der Waals surface area contributed by atoms with E-state index in [1.165, 1.54) is 7.11 Å². The Bertz CT molecular complexity index is 472. The zero-order chi connectivity index (χ0) is 14.0. The van der Waals surface area contributed by atoms with Crippen LogP contribution in [-0.4, -0.2) is 31.8 Å². The number of hydrogen-bond donors (Lipinski definition) is 1. The molecule has 0 aromatic heterocycles. The number of nitrogens with one attached hydrogen (secondary N) is 1. The zero-order valence-electron chi connectivity index (χ0n) is 10.1. The highest BCUT2D eigenvalue weighted by atomic mass is 19.1. The maximum absolute atomic E-state index is 13.4. The van der Waals surface area contributed by atoms with Crippen molar-refractivity contribution in [2.24, 2.45) is 0 Å². The van der Waals surface area contributed by atoms with Gasteiger partial charge in [0.1, 0.15) is 18.0 Å². The second-order valence-electron chi connectivity index (χ2n) is 4.16. The van der Waals surface area contributed by atoms with Gasteiger partial charge in [-0.05, 0) is 0 Å². The van der Waals surface area contributed by atoms with Crippen LogP contribution in [0, 0.1) is 17.5 Å². The van der Waals surface area contributed by atoms with Crippen LogP contribution in [0.25, 0.3) is 0 Å². The van der Waals surface area contributed by atoms with E-state index in [-0.39, 0.29) is 13.0 Å². The van der Waals surface area contributed by atoms with Gasteiger partial charge in [-0.2, -0.15) is 0 Å². The summed E-state index contributed by atoms with van der Waals surface area (Å²) in [5, 5.41) is 2.81. The van der Waals surface area contributed by atoms with Gasteiger partial charge in [-0.25, -0.2) is 13.2 Å². The number of carbonyl (C=O) groups is 1. The van der Waals surface area contributed by atoms with E-state index in [0.717, 1.165) is 0 Å². The van der Waals surface area contributed by atoms with Crippen LogP contribution in [0.4, 0.5) is 13.2 Å². The SMILES string of the molecule is COC(=O)[C@@H]1C[C@@H](Oc2c(F)cc(F)cc2F)CN1. The molecule has 1 aromatic rings. The molecule has 1 aromatic carbocycles. The first-order valence-corrected chi connectivity index (χ1v) is 5.63. The van der Waals surface area contributed by atoms with Crippen LogP contribution in [0.15, 0.2) is 12.1 Å². The van der Waals surface area contributed by atoms with Gasteiger partial charge in [0.25, 0.3) is 0 Å². The molecular weight excluding hydrogens is 263 g/mol. The molecule has 104 valence electrons. The minimum Gasteiger partial charge on any atom is -0.483 e. The molecule has 1 fully saturated rings. The summed E-state index contributed by atoms with van der Waals surface area (Å²) in [7, 11) is 1.25. The minimum atomic E-state index is -1.11. The fraction of sp³-hybridized carbons (Fsp3) is 0.417. The number of halogens is 3. The molecule has 0 radical (unpaired) electrons. The van der Waals surface area contributed by atoms with Gasteiger partial charge in [-0.15, -0.1) is 0 Å². The molecule has 0 bridgehead atoms. The lowest BCUT2D eigenvalue weighted by Gasteiger charge is -2.14. The standard InChI is InChI=1S/C12H12F3NO3/c1-18-12(17)10-4-7(5-16-10)19-11-8(14)2-6(13)3-9(11)15/h2-3,7,10,16H,4-5H2,1H3/t7-,10+/m1/s1. The summed E-state index contributed by atoms with van der Waals surface area (Å²) in [6.07, 6.45) is -0.360. The number of rotatable bonds is 3. The van der Waals surface area contributed by atoms with Gasteiger partial charge in [-0.1, -0.05) is 0 Å². The van der Waals surface area contributed by atoms with Gasteiger partial charge in [-0.3, -0.25) is 4.79 Å². The van der Waals surface area contributed by atoms with Crippen LogP contribution < -0.4 is 10.1 Å². The minimum absolute atomic E-state index is 0.225. The summed E-state index contributed by atoms with van der Waals surface area (Å²) in [5.74, 6) is -4.35. The summed E-state index contributed by atoms with van der Waals surface area (Å²) in [5.41, 5.74) is 0. The average Bonchev–Trinajstić information content (AvgIpc) is 2.81. The number of ether oxygens (including phenoxy) is 2. The number of methoxy groups -OCH3 is 1. The highest BCUT2D eigenvalue weighted by molar-refractivity contribution is 5.76. The molecule has 0 aliphatic carbocycles. The third kappa shape index (κ3) is 2.98. The normalized spacial score (nSPS) is 22.3. The molecule has 2 rings (SSSR count). The molecule has 1 aliphatic heterocycles.